The predicted octanol–water partition coefficient (Wildman–Crippen LogP) is 4.79. The van der Waals surface area contributed by atoms with Gasteiger partial charge in [0, 0.05) is 29.3 Å². The van der Waals surface area contributed by atoms with E-state index in [4.69, 9.17) is 23.8 Å². The number of hydrogen-bond acceptors (Lipinski definition) is 10. The van der Waals surface area contributed by atoms with Gasteiger partial charge in [-0.1, -0.05) is 5.16 Å². The van der Waals surface area contributed by atoms with E-state index in [1.807, 2.05) is 0 Å². The third-order valence-corrected chi connectivity index (χ3v) is 5.68. The number of ether oxygens (including phenoxy) is 4. The van der Waals surface area contributed by atoms with Crippen molar-refractivity contribution in [3.05, 3.63) is 93.8 Å². The van der Waals surface area contributed by atoms with Gasteiger partial charge in [0.25, 0.3) is 5.69 Å². The summed E-state index contributed by atoms with van der Waals surface area (Å²) >= 11 is 0. The first-order valence-corrected chi connectivity index (χ1v) is 11.2. The molecule has 0 unspecified atom stereocenters. The number of aromatic nitrogens is 1. The zero-order valence-electron chi connectivity index (χ0n) is 21.0. The molecule has 0 aliphatic carbocycles. The summed E-state index contributed by atoms with van der Waals surface area (Å²) in [6.45, 7) is 0. The number of methoxy groups -OCH3 is 4. The van der Waals surface area contributed by atoms with Gasteiger partial charge in [-0.2, -0.15) is 0 Å². The summed E-state index contributed by atoms with van der Waals surface area (Å²) in [4.78, 5) is 33.0. The fourth-order valence-corrected chi connectivity index (χ4v) is 3.76. The summed E-state index contributed by atoms with van der Waals surface area (Å²) in [5, 5.41) is 16.5. The van der Waals surface area contributed by atoms with Crippen molar-refractivity contribution in [3.63, 3.8) is 0 Å². The second-order valence-electron chi connectivity index (χ2n) is 7.78. The highest BCUT2D eigenvalue weighted by Gasteiger charge is 2.20. The van der Waals surface area contributed by atoms with Crippen LogP contribution in [0.1, 0.15) is 21.6 Å². The Labute approximate surface area is 217 Å². The Morgan fingerprint density at radius 1 is 0.789 bits per heavy atom. The Kier molecular flexibility index (Phi) is 7.66. The molecule has 0 bridgehead atoms. The quantitative estimate of drug-likeness (QED) is 0.133. The number of benzene rings is 3. The van der Waals surface area contributed by atoms with Gasteiger partial charge in [-0.15, -0.1) is 0 Å². The summed E-state index contributed by atoms with van der Waals surface area (Å²) in [5.41, 5.74) is 1.07. The van der Waals surface area contributed by atoms with Crippen LogP contribution in [-0.4, -0.2) is 50.0 Å². The number of nitrogens with zero attached hydrogens (tertiary/aromatic N) is 3. The van der Waals surface area contributed by atoms with Crippen molar-refractivity contribution in [1.82, 2.24) is 4.98 Å². The van der Waals surface area contributed by atoms with Gasteiger partial charge in [0.1, 0.15) is 11.4 Å². The molecule has 0 saturated heterocycles. The zero-order chi connectivity index (χ0) is 27.2. The zero-order valence-corrected chi connectivity index (χ0v) is 21.0. The van der Waals surface area contributed by atoms with Crippen molar-refractivity contribution in [2.45, 2.75) is 0 Å². The van der Waals surface area contributed by atoms with Crippen LogP contribution in [0, 0.1) is 10.1 Å². The molecule has 1 heterocycles. The molecule has 0 spiro atoms. The maximum absolute atomic E-state index is 12.8. The van der Waals surface area contributed by atoms with E-state index in [0.29, 0.717) is 39.6 Å². The number of rotatable bonds is 9. The van der Waals surface area contributed by atoms with Crippen molar-refractivity contribution in [2.75, 3.05) is 28.4 Å². The number of nitro benzene ring substituents is 1. The molecule has 194 valence electrons. The minimum absolute atomic E-state index is 0.0864. The molecule has 4 rings (SSSR count). The molecule has 0 radical (unpaired) electrons. The number of non-ortho nitro benzene ring substituents is 1. The molecule has 0 saturated carbocycles. The highest BCUT2D eigenvalue weighted by molar-refractivity contribution is 6.18. The fraction of sp³-hybridized carbons (Fsp3) is 0.148. The number of carbonyl (C=O) groups excluding carboxylic acids is 1. The van der Waals surface area contributed by atoms with Crippen LogP contribution in [0.25, 0.3) is 10.8 Å². The highest BCUT2D eigenvalue weighted by atomic mass is 16.7. The molecule has 0 amide bonds. The number of carbonyl (C=O) groups is 1. The van der Waals surface area contributed by atoms with Crippen LogP contribution in [0.15, 0.2) is 72.0 Å². The van der Waals surface area contributed by atoms with E-state index in [1.54, 1.807) is 49.7 Å². The molecule has 38 heavy (non-hydrogen) atoms. The lowest BCUT2D eigenvalue weighted by Gasteiger charge is -2.14. The minimum atomic E-state index is -0.808. The van der Waals surface area contributed by atoms with E-state index in [0.717, 1.165) is 5.39 Å². The topological polar surface area (TPSA) is 132 Å². The Bertz CT molecular complexity index is 1530. The Hall–Kier alpha value is -5.19. The SMILES string of the molecule is COc1ccc(/C(=N/OC(=O)c2ccc([N+](=O)[O-])cc2)c2nccc3cc(OC)c(OC)cc23)cc1OC. The average molecular weight is 517 g/mol. The van der Waals surface area contributed by atoms with E-state index in [1.165, 1.54) is 45.6 Å². The summed E-state index contributed by atoms with van der Waals surface area (Å²) in [6.07, 6.45) is 1.60. The van der Waals surface area contributed by atoms with Crippen molar-refractivity contribution >= 4 is 28.1 Å². The lowest BCUT2D eigenvalue weighted by molar-refractivity contribution is -0.384. The first-order valence-electron chi connectivity index (χ1n) is 11.2. The van der Waals surface area contributed by atoms with Crippen molar-refractivity contribution in [1.29, 1.82) is 0 Å². The molecule has 0 fully saturated rings. The van der Waals surface area contributed by atoms with Crippen LogP contribution in [-0.2, 0) is 4.84 Å². The van der Waals surface area contributed by atoms with E-state index in [2.05, 4.69) is 10.1 Å². The maximum Gasteiger partial charge on any atom is 0.365 e. The Balaban J connectivity index is 1.85. The van der Waals surface area contributed by atoms with Crippen LogP contribution in [0.2, 0.25) is 0 Å². The lowest BCUT2D eigenvalue weighted by atomic mass is 10.0. The van der Waals surface area contributed by atoms with E-state index in [9.17, 15) is 14.9 Å². The van der Waals surface area contributed by atoms with Gasteiger partial charge in [-0.05, 0) is 53.9 Å². The van der Waals surface area contributed by atoms with Crippen LogP contribution >= 0.6 is 0 Å². The third kappa shape index (κ3) is 5.16. The second kappa shape index (κ2) is 11.2. The van der Waals surface area contributed by atoms with Gasteiger partial charge in [-0.25, -0.2) is 4.79 Å². The molecule has 0 atom stereocenters. The minimum Gasteiger partial charge on any atom is -0.493 e. The van der Waals surface area contributed by atoms with Crippen molar-refractivity contribution in [3.8, 4) is 23.0 Å². The molecular formula is C27H23N3O8. The molecule has 4 aromatic rings. The molecule has 11 nitrogen and oxygen atoms in total. The lowest BCUT2D eigenvalue weighted by Crippen LogP contribution is -2.11. The van der Waals surface area contributed by atoms with Crippen LogP contribution in [0.4, 0.5) is 5.69 Å². The third-order valence-electron chi connectivity index (χ3n) is 5.68. The monoisotopic (exact) mass is 517 g/mol. The Morgan fingerprint density at radius 2 is 1.39 bits per heavy atom. The van der Waals surface area contributed by atoms with Gasteiger partial charge >= 0.3 is 5.97 Å². The largest absolute Gasteiger partial charge is 0.493 e. The van der Waals surface area contributed by atoms with Crippen molar-refractivity contribution in [2.24, 2.45) is 5.16 Å². The molecular weight excluding hydrogens is 494 g/mol. The smallest absolute Gasteiger partial charge is 0.365 e. The highest BCUT2D eigenvalue weighted by Crippen LogP contribution is 2.35. The van der Waals surface area contributed by atoms with E-state index >= 15 is 0 Å². The van der Waals surface area contributed by atoms with Gasteiger partial charge in [-0.3, -0.25) is 15.1 Å². The molecule has 0 N–H and O–H groups in total. The number of fused-ring (bicyclic) bond motifs is 1. The molecule has 3 aromatic carbocycles. The van der Waals surface area contributed by atoms with Gasteiger partial charge < -0.3 is 23.8 Å². The van der Waals surface area contributed by atoms with Gasteiger partial charge in [0.2, 0.25) is 0 Å². The van der Waals surface area contributed by atoms with Gasteiger partial charge in [0.05, 0.1) is 38.9 Å². The number of pyridine rings is 1. The van der Waals surface area contributed by atoms with Gasteiger partial charge in [0.15, 0.2) is 23.0 Å². The normalized spacial score (nSPS) is 11.1. The molecule has 0 aliphatic heterocycles. The first-order chi connectivity index (χ1) is 18.4. The summed E-state index contributed by atoms with van der Waals surface area (Å²) in [5.74, 6) is 1.13. The number of hydrogen-bond donors (Lipinski definition) is 0. The summed E-state index contributed by atoms with van der Waals surface area (Å²) in [7, 11) is 6.08. The molecule has 1 aromatic heterocycles. The number of nitro groups is 1. The summed E-state index contributed by atoms with van der Waals surface area (Å²) < 4.78 is 21.7. The standard InChI is InChI=1S/C27H23N3O8/c1-34-21-10-7-18(14-22(21)35-2)25(29-38-27(31)16-5-8-19(9-6-16)30(32)33)26-20-15-24(37-4)23(36-3)13-17(20)11-12-28-26/h5-15H,1-4H3/b29-25-. The maximum atomic E-state index is 12.8. The van der Waals surface area contributed by atoms with E-state index < -0.39 is 10.9 Å². The second-order valence-corrected chi connectivity index (χ2v) is 7.78. The molecule has 11 heteroatoms. The number of oxime groups is 1. The van der Waals surface area contributed by atoms with Crippen LogP contribution < -0.4 is 18.9 Å². The van der Waals surface area contributed by atoms with Crippen LogP contribution in [0.3, 0.4) is 0 Å². The average Bonchev–Trinajstić information content (AvgIpc) is 2.96. The first kappa shape index (κ1) is 25.9. The Morgan fingerprint density at radius 3 is 2.03 bits per heavy atom. The van der Waals surface area contributed by atoms with E-state index in [-0.39, 0.29) is 17.0 Å². The van der Waals surface area contributed by atoms with Crippen LogP contribution in [0.5, 0.6) is 23.0 Å². The molecule has 0 aliphatic rings. The fourth-order valence-electron chi connectivity index (χ4n) is 3.76. The van der Waals surface area contributed by atoms with Crippen molar-refractivity contribution < 1.29 is 33.5 Å². The predicted molar refractivity (Wildman–Crippen MR) is 139 cm³/mol. The summed E-state index contributed by atoms with van der Waals surface area (Å²) in [6, 6.07) is 15.5.